The third-order valence-corrected chi connectivity index (χ3v) is 7.40. The van der Waals surface area contributed by atoms with Crippen LogP contribution in [0.25, 0.3) is 6.08 Å². The molecule has 1 N–H and O–H groups in total. The molecular formula is C26H19BrCl2N2O4S. The van der Waals surface area contributed by atoms with Crippen LogP contribution in [-0.2, 0) is 11.4 Å². The SMILES string of the molecule is CCN1C(=O)/C(=C/c2cc(Br)ccc2OCc2ccc(Cl)c(Cl)c2)SC1=Nc1cccc(C(=O)O)c1. The zero-order valence-corrected chi connectivity index (χ0v) is 22.8. The Morgan fingerprint density at radius 1 is 1.14 bits per heavy atom. The van der Waals surface area contributed by atoms with Gasteiger partial charge in [0.1, 0.15) is 12.4 Å². The Hall–Kier alpha value is -2.78. The van der Waals surface area contributed by atoms with E-state index in [1.54, 1.807) is 35.2 Å². The van der Waals surface area contributed by atoms with Gasteiger partial charge in [-0.05, 0) is 78.9 Å². The number of carbonyl (C=O) groups excluding carboxylic acids is 1. The summed E-state index contributed by atoms with van der Waals surface area (Å²) in [6, 6.07) is 17.1. The first-order valence-corrected chi connectivity index (χ1v) is 13.1. The predicted octanol–water partition coefficient (Wildman–Crippen LogP) is 7.66. The Bertz CT molecular complexity index is 1410. The number of ether oxygens (including phenoxy) is 1. The number of hydrogen-bond donors (Lipinski definition) is 1. The van der Waals surface area contributed by atoms with Gasteiger partial charge in [0.15, 0.2) is 5.17 Å². The molecule has 1 aliphatic heterocycles. The van der Waals surface area contributed by atoms with E-state index < -0.39 is 5.97 Å². The average Bonchev–Trinajstić information content (AvgIpc) is 3.14. The van der Waals surface area contributed by atoms with Crippen molar-refractivity contribution in [3.8, 4) is 5.75 Å². The van der Waals surface area contributed by atoms with E-state index in [2.05, 4.69) is 20.9 Å². The lowest BCUT2D eigenvalue weighted by atomic mass is 10.1. The maximum atomic E-state index is 13.1. The quantitative estimate of drug-likeness (QED) is 0.280. The second-order valence-corrected chi connectivity index (χ2v) is 10.4. The number of carboxylic acids is 1. The number of amidine groups is 1. The van der Waals surface area contributed by atoms with Crippen LogP contribution in [0, 0.1) is 0 Å². The first kappa shape index (κ1) is 26.3. The molecule has 0 atom stereocenters. The van der Waals surface area contributed by atoms with Gasteiger partial charge in [0, 0.05) is 16.6 Å². The summed E-state index contributed by atoms with van der Waals surface area (Å²) in [6.07, 6.45) is 1.76. The van der Waals surface area contributed by atoms with E-state index in [0.29, 0.717) is 43.7 Å². The first-order chi connectivity index (χ1) is 17.2. The monoisotopic (exact) mass is 604 g/mol. The maximum absolute atomic E-state index is 13.1. The topological polar surface area (TPSA) is 79.2 Å². The number of hydrogen-bond acceptors (Lipinski definition) is 5. The number of likely N-dealkylation sites (N-methyl/N-ethyl adjacent to an activating group) is 1. The molecule has 0 aliphatic carbocycles. The van der Waals surface area contributed by atoms with Gasteiger partial charge in [-0.25, -0.2) is 9.79 Å². The van der Waals surface area contributed by atoms with E-state index in [-0.39, 0.29) is 18.1 Å². The normalized spacial score (nSPS) is 15.7. The van der Waals surface area contributed by atoms with Crippen molar-refractivity contribution in [2.75, 3.05) is 6.54 Å². The molecule has 3 aromatic rings. The van der Waals surface area contributed by atoms with Gasteiger partial charge >= 0.3 is 5.97 Å². The van der Waals surface area contributed by atoms with Crippen LogP contribution in [-0.4, -0.2) is 33.6 Å². The van der Waals surface area contributed by atoms with Crippen LogP contribution in [0.1, 0.15) is 28.4 Å². The van der Waals surface area contributed by atoms with Crippen molar-refractivity contribution in [3.05, 3.63) is 96.8 Å². The predicted molar refractivity (Wildman–Crippen MR) is 148 cm³/mol. The fourth-order valence-corrected chi connectivity index (χ4v) is 5.14. The molecule has 1 heterocycles. The van der Waals surface area contributed by atoms with Crippen LogP contribution in [0.15, 0.2) is 75.0 Å². The summed E-state index contributed by atoms with van der Waals surface area (Å²) >= 11 is 16.8. The highest BCUT2D eigenvalue weighted by Gasteiger charge is 2.32. The molecule has 0 radical (unpaired) electrons. The maximum Gasteiger partial charge on any atom is 0.335 e. The van der Waals surface area contributed by atoms with Crippen LogP contribution in [0.3, 0.4) is 0 Å². The van der Waals surface area contributed by atoms with Crippen molar-refractivity contribution in [1.29, 1.82) is 0 Å². The Kier molecular flexibility index (Phi) is 8.41. The van der Waals surface area contributed by atoms with Crippen molar-refractivity contribution in [2.24, 2.45) is 4.99 Å². The lowest BCUT2D eigenvalue weighted by molar-refractivity contribution is -0.122. The molecule has 0 saturated carbocycles. The van der Waals surface area contributed by atoms with Gasteiger partial charge in [-0.1, -0.05) is 51.3 Å². The number of amides is 1. The smallest absolute Gasteiger partial charge is 0.335 e. The summed E-state index contributed by atoms with van der Waals surface area (Å²) in [5.41, 5.74) is 2.15. The third kappa shape index (κ3) is 6.13. The van der Waals surface area contributed by atoms with Gasteiger partial charge < -0.3 is 9.84 Å². The molecule has 6 nitrogen and oxygen atoms in total. The van der Waals surface area contributed by atoms with E-state index >= 15 is 0 Å². The van der Waals surface area contributed by atoms with Gasteiger partial charge in [0.25, 0.3) is 5.91 Å². The van der Waals surface area contributed by atoms with Crippen LogP contribution < -0.4 is 4.74 Å². The molecule has 1 fully saturated rings. The molecule has 1 amide bonds. The zero-order valence-electron chi connectivity index (χ0n) is 18.9. The van der Waals surface area contributed by atoms with E-state index in [4.69, 9.17) is 27.9 Å². The fraction of sp³-hybridized carbons (Fsp3) is 0.115. The average molecular weight is 606 g/mol. The summed E-state index contributed by atoms with van der Waals surface area (Å²) in [6.45, 7) is 2.54. The summed E-state index contributed by atoms with van der Waals surface area (Å²) in [5, 5.41) is 10.6. The Morgan fingerprint density at radius 2 is 1.94 bits per heavy atom. The number of halogens is 3. The fourth-order valence-electron chi connectivity index (χ4n) is 3.38. The Balaban J connectivity index is 1.62. The van der Waals surface area contributed by atoms with Gasteiger partial charge in [0.05, 0.1) is 26.2 Å². The molecule has 36 heavy (non-hydrogen) atoms. The molecule has 1 aliphatic rings. The minimum atomic E-state index is -1.04. The third-order valence-electron chi connectivity index (χ3n) is 5.16. The highest BCUT2D eigenvalue weighted by atomic mass is 79.9. The van der Waals surface area contributed by atoms with Gasteiger partial charge in [0.2, 0.25) is 0 Å². The van der Waals surface area contributed by atoms with Crippen molar-refractivity contribution in [3.63, 3.8) is 0 Å². The lowest BCUT2D eigenvalue weighted by Crippen LogP contribution is -2.28. The van der Waals surface area contributed by atoms with E-state index in [9.17, 15) is 14.7 Å². The molecule has 0 unspecified atom stereocenters. The standard InChI is InChI=1S/C26H19BrCl2N2O4S/c1-2-31-24(32)23(36-26(31)30-19-5-3-4-16(12-19)25(33)34)13-17-11-18(27)7-9-22(17)35-14-15-6-8-20(28)21(29)10-15/h3-13H,2,14H2,1H3,(H,33,34)/b23-13-,30-26?. The summed E-state index contributed by atoms with van der Waals surface area (Å²) < 4.78 is 6.87. The van der Waals surface area contributed by atoms with Gasteiger partial charge in [-0.3, -0.25) is 9.69 Å². The number of nitrogens with zero attached hydrogens (tertiary/aromatic N) is 2. The Morgan fingerprint density at radius 3 is 2.67 bits per heavy atom. The molecule has 0 spiro atoms. The number of aliphatic imine (C=N–C) groups is 1. The summed E-state index contributed by atoms with van der Waals surface area (Å²) in [7, 11) is 0. The number of rotatable bonds is 7. The van der Waals surface area contributed by atoms with Crippen molar-refractivity contribution in [2.45, 2.75) is 13.5 Å². The highest BCUT2D eigenvalue weighted by molar-refractivity contribution is 9.10. The Labute approximate surface area is 230 Å². The van der Waals surface area contributed by atoms with Gasteiger partial charge in [-0.15, -0.1) is 0 Å². The van der Waals surface area contributed by atoms with Gasteiger partial charge in [-0.2, -0.15) is 0 Å². The minimum absolute atomic E-state index is 0.128. The second kappa shape index (κ2) is 11.5. The van der Waals surface area contributed by atoms with Crippen LogP contribution in [0.2, 0.25) is 10.0 Å². The lowest BCUT2D eigenvalue weighted by Gasteiger charge is -2.12. The number of benzene rings is 3. The van der Waals surface area contributed by atoms with Crippen LogP contribution >= 0.6 is 50.9 Å². The molecule has 1 saturated heterocycles. The van der Waals surface area contributed by atoms with Crippen molar-refractivity contribution >= 4 is 79.7 Å². The summed E-state index contributed by atoms with van der Waals surface area (Å²) in [4.78, 5) is 31.0. The number of thioether (sulfide) groups is 1. The highest BCUT2D eigenvalue weighted by Crippen LogP contribution is 2.36. The summed E-state index contributed by atoms with van der Waals surface area (Å²) in [5.74, 6) is -0.637. The van der Waals surface area contributed by atoms with Crippen LogP contribution in [0.5, 0.6) is 5.75 Å². The van der Waals surface area contributed by atoms with Crippen molar-refractivity contribution < 1.29 is 19.4 Å². The number of aromatic carboxylic acids is 1. The number of carboxylic acid groups (broad SMARTS) is 1. The van der Waals surface area contributed by atoms with E-state index in [1.807, 2.05) is 31.2 Å². The molecule has 3 aromatic carbocycles. The molecule has 184 valence electrons. The first-order valence-electron chi connectivity index (χ1n) is 10.7. The molecule has 10 heteroatoms. The molecular weight excluding hydrogens is 587 g/mol. The van der Waals surface area contributed by atoms with Crippen LogP contribution in [0.4, 0.5) is 5.69 Å². The minimum Gasteiger partial charge on any atom is -0.488 e. The van der Waals surface area contributed by atoms with Crippen molar-refractivity contribution in [1.82, 2.24) is 4.90 Å². The molecule has 4 rings (SSSR count). The molecule has 0 aromatic heterocycles. The second-order valence-electron chi connectivity index (χ2n) is 7.63. The van der Waals surface area contributed by atoms with E-state index in [0.717, 1.165) is 10.0 Å². The molecule has 0 bridgehead atoms. The zero-order chi connectivity index (χ0) is 25.8. The largest absolute Gasteiger partial charge is 0.488 e. The van der Waals surface area contributed by atoms with E-state index in [1.165, 1.54) is 23.9 Å². The number of carbonyl (C=O) groups is 2.